The van der Waals surface area contributed by atoms with E-state index >= 15 is 0 Å². The molecule has 3 aromatic rings. The van der Waals surface area contributed by atoms with Gasteiger partial charge in [-0.25, -0.2) is 15.0 Å². The third-order valence-corrected chi connectivity index (χ3v) is 5.38. The number of methoxy groups -OCH3 is 1. The fourth-order valence-electron chi connectivity index (χ4n) is 3.41. The molecule has 174 valence electrons. The minimum atomic E-state index is -0.151. The Hall–Kier alpha value is -3.72. The Morgan fingerprint density at radius 2 is 2.00 bits per heavy atom. The summed E-state index contributed by atoms with van der Waals surface area (Å²) in [5.41, 5.74) is 3.19. The highest BCUT2D eigenvalue weighted by Gasteiger charge is 2.15. The fourth-order valence-corrected chi connectivity index (χ4v) is 3.41. The molecule has 0 fully saturated rings. The summed E-state index contributed by atoms with van der Waals surface area (Å²) in [6, 6.07) is 11.2. The Morgan fingerprint density at radius 3 is 2.67 bits per heavy atom. The molecule has 0 spiro atoms. The second kappa shape index (κ2) is 11.2. The number of aliphatic hydroxyl groups is 1. The second-order valence-corrected chi connectivity index (χ2v) is 7.66. The number of hydrogen-bond acceptors (Lipinski definition) is 8. The van der Waals surface area contributed by atoms with Gasteiger partial charge in [0.05, 0.1) is 19.4 Å². The highest BCUT2D eigenvalue weighted by molar-refractivity contribution is 5.94. The Labute approximate surface area is 193 Å². The van der Waals surface area contributed by atoms with E-state index in [9.17, 15) is 4.79 Å². The maximum atomic E-state index is 11.9. The van der Waals surface area contributed by atoms with Crippen molar-refractivity contribution in [2.75, 3.05) is 51.1 Å². The molecule has 0 radical (unpaired) electrons. The van der Waals surface area contributed by atoms with Crippen LogP contribution in [0.4, 0.5) is 11.6 Å². The number of benzene rings is 1. The minimum Gasteiger partial charge on any atom is -0.496 e. The number of rotatable bonds is 10. The van der Waals surface area contributed by atoms with Gasteiger partial charge in [0.2, 0.25) is 0 Å². The SMILES string of the molecule is CNC(=O)c1ccc([C@H](C)CNc2cc(-c3ccc(N(C)CCO)nc3)ncn2)c(OC)c1. The van der Waals surface area contributed by atoms with Crippen molar-refractivity contribution in [3.8, 4) is 17.0 Å². The summed E-state index contributed by atoms with van der Waals surface area (Å²) < 4.78 is 5.51. The van der Waals surface area contributed by atoms with Gasteiger partial charge in [0.25, 0.3) is 5.91 Å². The van der Waals surface area contributed by atoms with Gasteiger partial charge in [-0.1, -0.05) is 13.0 Å². The van der Waals surface area contributed by atoms with Crippen LogP contribution in [0.3, 0.4) is 0 Å². The highest BCUT2D eigenvalue weighted by atomic mass is 16.5. The molecule has 1 amide bonds. The monoisotopic (exact) mass is 450 g/mol. The van der Waals surface area contributed by atoms with E-state index in [-0.39, 0.29) is 18.4 Å². The van der Waals surface area contributed by atoms with Crippen molar-refractivity contribution in [1.29, 1.82) is 0 Å². The summed E-state index contributed by atoms with van der Waals surface area (Å²) in [6.45, 7) is 3.29. The van der Waals surface area contributed by atoms with Crippen molar-refractivity contribution < 1.29 is 14.6 Å². The van der Waals surface area contributed by atoms with Gasteiger partial charge >= 0.3 is 0 Å². The van der Waals surface area contributed by atoms with Gasteiger partial charge < -0.3 is 25.4 Å². The first kappa shape index (κ1) is 23.9. The number of ether oxygens (including phenoxy) is 1. The maximum absolute atomic E-state index is 11.9. The standard InChI is InChI=1S/C24H30N6O3/c1-16(19-7-5-17(24(32)25-2)11-21(19)33-4)13-26-22-12-20(28-15-29-22)18-6-8-23(27-14-18)30(3)9-10-31/h5-8,11-12,14-16,31H,9-10,13H2,1-4H3,(H,25,32)(H,26,28,29)/t16-/m1/s1. The number of aliphatic hydroxyl groups excluding tert-OH is 1. The van der Waals surface area contributed by atoms with Crippen molar-refractivity contribution in [3.05, 3.63) is 60.0 Å². The molecule has 33 heavy (non-hydrogen) atoms. The Bertz CT molecular complexity index is 1070. The number of pyridine rings is 1. The van der Waals surface area contributed by atoms with Gasteiger partial charge in [0.1, 0.15) is 23.7 Å². The smallest absolute Gasteiger partial charge is 0.251 e. The lowest BCUT2D eigenvalue weighted by molar-refractivity contribution is 0.0962. The van der Waals surface area contributed by atoms with Crippen LogP contribution in [0.2, 0.25) is 0 Å². The molecule has 0 saturated heterocycles. The first-order valence-corrected chi connectivity index (χ1v) is 10.7. The molecule has 0 aliphatic carbocycles. The molecule has 0 aliphatic heterocycles. The average molecular weight is 451 g/mol. The zero-order valence-electron chi connectivity index (χ0n) is 19.4. The number of carbonyl (C=O) groups is 1. The molecule has 0 aliphatic rings. The number of nitrogens with zero attached hydrogens (tertiary/aromatic N) is 4. The van der Waals surface area contributed by atoms with Crippen LogP contribution < -0.4 is 20.3 Å². The third-order valence-electron chi connectivity index (χ3n) is 5.38. The van der Waals surface area contributed by atoms with Crippen LogP contribution in [0.5, 0.6) is 5.75 Å². The summed E-state index contributed by atoms with van der Waals surface area (Å²) in [6.07, 6.45) is 3.28. The molecular weight excluding hydrogens is 420 g/mol. The molecule has 9 heteroatoms. The molecule has 0 unspecified atom stereocenters. The number of anilines is 2. The van der Waals surface area contributed by atoms with Gasteiger partial charge in [-0.15, -0.1) is 0 Å². The van der Waals surface area contributed by atoms with Crippen molar-refractivity contribution in [2.24, 2.45) is 0 Å². The highest BCUT2D eigenvalue weighted by Crippen LogP contribution is 2.28. The van der Waals surface area contributed by atoms with Crippen LogP contribution in [0, 0.1) is 0 Å². The normalized spacial score (nSPS) is 11.5. The second-order valence-electron chi connectivity index (χ2n) is 7.66. The Balaban J connectivity index is 1.69. The topological polar surface area (TPSA) is 113 Å². The van der Waals surface area contributed by atoms with E-state index in [1.165, 1.54) is 6.33 Å². The van der Waals surface area contributed by atoms with Crippen LogP contribution in [0.25, 0.3) is 11.3 Å². The molecular formula is C24H30N6O3. The van der Waals surface area contributed by atoms with Gasteiger partial charge in [-0.3, -0.25) is 4.79 Å². The molecule has 1 atom stereocenters. The lowest BCUT2D eigenvalue weighted by atomic mass is 9.98. The van der Waals surface area contributed by atoms with E-state index in [4.69, 9.17) is 9.84 Å². The van der Waals surface area contributed by atoms with Crippen LogP contribution in [-0.4, -0.2) is 66.9 Å². The van der Waals surface area contributed by atoms with Crippen LogP contribution in [0.1, 0.15) is 28.8 Å². The molecule has 1 aromatic carbocycles. The summed E-state index contributed by atoms with van der Waals surface area (Å²) in [4.78, 5) is 26.9. The number of amides is 1. The molecule has 3 N–H and O–H groups in total. The molecule has 0 bridgehead atoms. The zero-order valence-corrected chi connectivity index (χ0v) is 19.4. The van der Waals surface area contributed by atoms with E-state index in [2.05, 4.69) is 32.5 Å². The molecule has 2 heterocycles. The van der Waals surface area contributed by atoms with Gasteiger partial charge in [0.15, 0.2) is 0 Å². The molecule has 9 nitrogen and oxygen atoms in total. The van der Waals surface area contributed by atoms with E-state index < -0.39 is 0 Å². The predicted octanol–water partition coefficient (Wildman–Crippen LogP) is 2.55. The first-order valence-electron chi connectivity index (χ1n) is 10.7. The van der Waals surface area contributed by atoms with Gasteiger partial charge in [-0.2, -0.15) is 0 Å². The van der Waals surface area contributed by atoms with Crippen molar-refractivity contribution in [2.45, 2.75) is 12.8 Å². The quantitative estimate of drug-likeness (QED) is 0.432. The third kappa shape index (κ3) is 5.95. The summed E-state index contributed by atoms with van der Waals surface area (Å²) >= 11 is 0. The predicted molar refractivity (Wildman–Crippen MR) is 129 cm³/mol. The molecule has 3 rings (SSSR count). The van der Waals surface area contributed by atoms with Crippen molar-refractivity contribution in [1.82, 2.24) is 20.3 Å². The van der Waals surface area contributed by atoms with E-state index in [0.29, 0.717) is 30.2 Å². The fraction of sp³-hybridized carbons (Fsp3) is 0.333. The van der Waals surface area contributed by atoms with E-state index in [1.54, 1.807) is 32.5 Å². The number of likely N-dealkylation sites (N-methyl/N-ethyl adjacent to an activating group) is 1. The lowest BCUT2D eigenvalue weighted by Gasteiger charge is -2.18. The first-order chi connectivity index (χ1) is 16.0. The maximum Gasteiger partial charge on any atom is 0.251 e. The van der Waals surface area contributed by atoms with E-state index in [1.807, 2.05) is 36.2 Å². The van der Waals surface area contributed by atoms with Crippen LogP contribution in [0.15, 0.2) is 48.9 Å². The number of hydrogen-bond donors (Lipinski definition) is 3. The number of carbonyl (C=O) groups excluding carboxylic acids is 1. The summed E-state index contributed by atoms with van der Waals surface area (Å²) in [5.74, 6) is 2.12. The van der Waals surface area contributed by atoms with Crippen molar-refractivity contribution in [3.63, 3.8) is 0 Å². The molecule has 0 saturated carbocycles. The number of nitrogens with one attached hydrogen (secondary N) is 2. The summed E-state index contributed by atoms with van der Waals surface area (Å²) in [7, 11) is 5.09. The zero-order chi connectivity index (χ0) is 23.8. The van der Waals surface area contributed by atoms with Crippen LogP contribution >= 0.6 is 0 Å². The summed E-state index contributed by atoms with van der Waals surface area (Å²) in [5, 5.41) is 15.1. The van der Waals surface area contributed by atoms with Crippen molar-refractivity contribution >= 4 is 17.5 Å². The Kier molecular flexibility index (Phi) is 8.15. The Morgan fingerprint density at radius 1 is 1.18 bits per heavy atom. The van der Waals surface area contributed by atoms with Gasteiger partial charge in [-0.05, 0) is 29.8 Å². The van der Waals surface area contributed by atoms with Gasteiger partial charge in [0, 0.05) is 56.5 Å². The average Bonchev–Trinajstić information content (AvgIpc) is 2.86. The minimum absolute atomic E-state index is 0.0728. The lowest BCUT2D eigenvalue weighted by Crippen LogP contribution is -2.21. The largest absolute Gasteiger partial charge is 0.496 e. The molecule has 2 aromatic heterocycles. The number of aromatic nitrogens is 3. The van der Waals surface area contributed by atoms with Crippen LogP contribution in [-0.2, 0) is 0 Å². The van der Waals surface area contributed by atoms with E-state index in [0.717, 1.165) is 22.6 Å².